The molecule has 112 valence electrons. The van der Waals surface area contributed by atoms with Gasteiger partial charge in [0.2, 0.25) is 11.7 Å². The molecule has 0 fully saturated rings. The minimum atomic E-state index is -0.515. The summed E-state index contributed by atoms with van der Waals surface area (Å²) in [4.78, 5) is 15.6. The molecule has 2 aromatic rings. The Kier molecular flexibility index (Phi) is 4.83. The number of aliphatic hydroxyl groups is 1. The maximum atomic E-state index is 13.1. The number of carbonyl (C=O) groups excluding carboxylic acids is 1. The van der Waals surface area contributed by atoms with E-state index in [0.29, 0.717) is 5.56 Å². The van der Waals surface area contributed by atoms with Gasteiger partial charge in [0, 0.05) is 12.1 Å². The molecule has 0 bridgehead atoms. The number of urea groups is 1. The Hall–Kier alpha value is -2.48. The van der Waals surface area contributed by atoms with Gasteiger partial charge < -0.3 is 20.3 Å². The molecule has 0 radical (unpaired) electrons. The largest absolute Gasteiger partial charge is 0.395 e. The molecule has 21 heavy (non-hydrogen) atoms. The van der Waals surface area contributed by atoms with E-state index in [4.69, 9.17) is 9.63 Å². The van der Waals surface area contributed by atoms with E-state index in [-0.39, 0.29) is 24.9 Å². The SMILES string of the molecule is CC(NC(=O)NCCO)c1nc(-c2cccc(F)c2)no1. The number of nitrogens with one attached hydrogen (secondary N) is 2. The van der Waals surface area contributed by atoms with Crippen molar-refractivity contribution in [3.63, 3.8) is 0 Å². The van der Waals surface area contributed by atoms with Gasteiger partial charge in [0.1, 0.15) is 11.9 Å². The first-order valence-corrected chi connectivity index (χ1v) is 6.35. The molecule has 0 saturated carbocycles. The third kappa shape index (κ3) is 3.99. The van der Waals surface area contributed by atoms with Crippen LogP contribution in [0.2, 0.25) is 0 Å². The van der Waals surface area contributed by atoms with Gasteiger partial charge >= 0.3 is 6.03 Å². The van der Waals surface area contributed by atoms with Crippen LogP contribution in [0, 0.1) is 5.82 Å². The molecule has 2 amide bonds. The molecule has 1 atom stereocenters. The Morgan fingerprint density at radius 2 is 2.33 bits per heavy atom. The highest BCUT2D eigenvalue weighted by Gasteiger charge is 2.17. The van der Waals surface area contributed by atoms with Crippen molar-refractivity contribution in [2.45, 2.75) is 13.0 Å². The van der Waals surface area contributed by atoms with Crippen LogP contribution >= 0.6 is 0 Å². The summed E-state index contributed by atoms with van der Waals surface area (Å²) < 4.78 is 18.2. The second-order valence-electron chi connectivity index (χ2n) is 4.31. The molecular weight excluding hydrogens is 279 g/mol. The topological polar surface area (TPSA) is 100 Å². The van der Waals surface area contributed by atoms with Crippen molar-refractivity contribution in [2.75, 3.05) is 13.2 Å². The Morgan fingerprint density at radius 3 is 3.05 bits per heavy atom. The molecule has 3 N–H and O–H groups in total. The number of benzene rings is 1. The minimum Gasteiger partial charge on any atom is -0.395 e. The Morgan fingerprint density at radius 1 is 1.52 bits per heavy atom. The molecule has 2 rings (SSSR count). The summed E-state index contributed by atoms with van der Waals surface area (Å²) in [6, 6.07) is 4.84. The lowest BCUT2D eigenvalue weighted by Gasteiger charge is -2.09. The van der Waals surface area contributed by atoms with E-state index in [1.54, 1.807) is 19.1 Å². The molecule has 8 heteroatoms. The molecule has 1 heterocycles. The van der Waals surface area contributed by atoms with Gasteiger partial charge in [0.25, 0.3) is 0 Å². The van der Waals surface area contributed by atoms with Crippen LogP contribution in [0.3, 0.4) is 0 Å². The van der Waals surface area contributed by atoms with Crippen molar-refractivity contribution in [2.24, 2.45) is 0 Å². The lowest BCUT2D eigenvalue weighted by atomic mass is 10.2. The average Bonchev–Trinajstić information content (AvgIpc) is 2.95. The van der Waals surface area contributed by atoms with Gasteiger partial charge in [-0.1, -0.05) is 17.3 Å². The van der Waals surface area contributed by atoms with Crippen molar-refractivity contribution in [3.8, 4) is 11.4 Å². The van der Waals surface area contributed by atoms with Crippen molar-refractivity contribution in [1.82, 2.24) is 20.8 Å². The van der Waals surface area contributed by atoms with Crippen molar-refractivity contribution >= 4 is 6.03 Å². The highest BCUT2D eigenvalue weighted by molar-refractivity contribution is 5.74. The highest BCUT2D eigenvalue weighted by atomic mass is 19.1. The lowest BCUT2D eigenvalue weighted by molar-refractivity contribution is 0.228. The monoisotopic (exact) mass is 294 g/mol. The summed E-state index contributed by atoms with van der Waals surface area (Å²) in [5.74, 6) is 0.0516. The molecule has 0 aliphatic carbocycles. The molecule has 1 aromatic carbocycles. The number of aliphatic hydroxyl groups excluding tert-OH is 1. The van der Waals surface area contributed by atoms with Crippen LogP contribution in [0.4, 0.5) is 9.18 Å². The first-order valence-electron chi connectivity index (χ1n) is 6.35. The van der Waals surface area contributed by atoms with Crippen LogP contribution in [-0.4, -0.2) is 34.4 Å². The van der Waals surface area contributed by atoms with Crippen LogP contribution in [0.15, 0.2) is 28.8 Å². The van der Waals surface area contributed by atoms with Crippen LogP contribution in [0.1, 0.15) is 18.9 Å². The van der Waals surface area contributed by atoms with Crippen LogP contribution < -0.4 is 10.6 Å². The van der Waals surface area contributed by atoms with E-state index >= 15 is 0 Å². The zero-order chi connectivity index (χ0) is 15.2. The molecule has 0 aliphatic heterocycles. The fourth-order valence-corrected chi connectivity index (χ4v) is 1.63. The quantitative estimate of drug-likeness (QED) is 0.770. The predicted molar refractivity (Wildman–Crippen MR) is 71.7 cm³/mol. The number of hydrogen-bond acceptors (Lipinski definition) is 5. The van der Waals surface area contributed by atoms with Gasteiger partial charge in [-0.15, -0.1) is 0 Å². The van der Waals surface area contributed by atoms with E-state index in [1.807, 2.05) is 0 Å². The molecule has 0 saturated heterocycles. The van der Waals surface area contributed by atoms with Crippen LogP contribution in [0.5, 0.6) is 0 Å². The number of nitrogens with zero attached hydrogens (tertiary/aromatic N) is 2. The lowest BCUT2D eigenvalue weighted by Crippen LogP contribution is -2.38. The predicted octanol–water partition coefficient (Wildman–Crippen LogP) is 1.23. The van der Waals surface area contributed by atoms with E-state index in [2.05, 4.69) is 20.8 Å². The van der Waals surface area contributed by atoms with Gasteiger partial charge in [0.05, 0.1) is 6.61 Å². The number of hydrogen-bond donors (Lipinski definition) is 3. The normalized spacial score (nSPS) is 12.0. The summed E-state index contributed by atoms with van der Waals surface area (Å²) in [7, 11) is 0. The van der Waals surface area contributed by atoms with Crippen LogP contribution in [0.25, 0.3) is 11.4 Å². The Labute approximate surface area is 120 Å². The summed E-state index contributed by atoms with van der Waals surface area (Å²) >= 11 is 0. The molecular formula is C13H15FN4O3. The number of carbonyl (C=O) groups is 1. The first-order chi connectivity index (χ1) is 10.1. The number of amides is 2. The zero-order valence-electron chi connectivity index (χ0n) is 11.3. The first kappa shape index (κ1) is 14.9. The molecule has 0 spiro atoms. The van der Waals surface area contributed by atoms with Crippen molar-refractivity contribution < 1.29 is 18.8 Å². The summed E-state index contributed by atoms with van der Waals surface area (Å²) in [6.45, 7) is 1.67. The second kappa shape index (κ2) is 6.80. The smallest absolute Gasteiger partial charge is 0.315 e. The van der Waals surface area contributed by atoms with Crippen LogP contribution in [-0.2, 0) is 0 Å². The molecule has 7 nitrogen and oxygen atoms in total. The zero-order valence-corrected chi connectivity index (χ0v) is 11.3. The third-order valence-corrected chi connectivity index (χ3v) is 2.64. The molecule has 1 aromatic heterocycles. The minimum absolute atomic E-state index is 0.147. The van der Waals surface area contributed by atoms with Crippen molar-refractivity contribution in [1.29, 1.82) is 0 Å². The van der Waals surface area contributed by atoms with Gasteiger partial charge in [-0.2, -0.15) is 4.98 Å². The highest BCUT2D eigenvalue weighted by Crippen LogP contribution is 2.19. The maximum Gasteiger partial charge on any atom is 0.315 e. The number of aromatic nitrogens is 2. The Bertz CT molecular complexity index is 617. The van der Waals surface area contributed by atoms with E-state index < -0.39 is 17.9 Å². The fourth-order valence-electron chi connectivity index (χ4n) is 1.63. The van der Waals surface area contributed by atoms with Crippen molar-refractivity contribution in [3.05, 3.63) is 36.0 Å². The number of halogens is 1. The summed E-state index contributed by atoms with van der Waals surface area (Å²) in [6.07, 6.45) is 0. The molecule has 1 unspecified atom stereocenters. The maximum absolute atomic E-state index is 13.1. The standard InChI is InChI=1S/C13H15FN4O3/c1-8(16-13(20)15-5-6-19)12-17-11(18-21-12)9-3-2-4-10(14)7-9/h2-4,7-8,19H,5-6H2,1H3,(H2,15,16,20). The Balaban J connectivity index is 2.04. The van der Waals surface area contributed by atoms with E-state index in [9.17, 15) is 9.18 Å². The average molecular weight is 294 g/mol. The molecule has 0 aliphatic rings. The van der Waals surface area contributed by atoms with E-state index in [0.717, 1.165) is 0 Å². The van der Waals surface area contributed by atoms with Gasteiger partial charge in [-0.3, -0.25) is 0 Å². The fraction of sp³-hybridized carbons (Fsp3) is 0.308. The second-order valence-corrected chi connectivity index (χ2v) is 4.31. The number of rotatable bonds is 5. The summed E-state index contributed by atoms with van der Waals surface area (Å²) in [5.41, 5.74) is 0.488. The van der Waals surface area contributed by atoms with Gasteiger partial charge in [-0.05, 0) is 19.1 Å². The summed E-state index contributed by atoms with van der Waals surface area (Å²) in [5, 5.41) is 17.4. The van der Waals surface area contributed by atoms with E-state index in [1.165, 1.54) is 12.1 Å². The van der Waals surface area contributed by atoms with Gasteiger partial charge in [-0.25, -0.2) is 9.18 Å². The third-order valence-electron chi connectivity index (χ3n) is 2.64. The van der Waals surface area contributed by atoms with Gasteiger partial charge in [0.15, 0.2) is 0 Å².